The molecule has 1 amide bonds. The fourth-order valence-corrected chi connectivity index (χ4v) is 7.46. The smallest absolute Gasteiger partial charge is 0.406 e. The maximum Gasteiger partial charge on any atom is 0.406 e. The lowest BCUT2D eigenvalue weighted by Crippen LogP contribution is -2.55. The zero-order valence-electron chi connectivity index (χ0n) is 28.1. The van der Waals surface area contributed by atoms with Crippen molar-refractivity contribution in [1.29, 1.82) is 0 Å². The molecule has 0 aliphatic rings. The summed E-state index contributed by atoms with van der Waals surface area (Å²) in [6.07, 6.45) is -2.82. The first kappa shape index (κ1) is 36.6. The van der Waals surface area contributed by atoms with Crippen molar-refractivity contribution in [3.63, 3.8) is 0 Å². The SMILES string of the molecule is COc1ccc(S(=O)(=O)N(Cc2ccccc2)[C@H](NC(=O)O)[C@@H](C)O)cc1CC(C)(C)CCN(Cc1ccccc1)Cc1ccccc1. The second-order valence-electron chi connectivity index (χ2n) is 12.9. The van der Waals surface area contributed by atoms with Crippen LogP contribution in [0.1, 0.15) is 49.4 Å². The van der Waals surface area contributed by atoms with Gasteiger partial charge in [0.1, 0.15) is 11.9 Å². The first-order valence-electron chi connectivity index (χ1n) is 16.1. The third-order valence-corrected chi connectivity index (χ3v) is 10.2. The summed E-state index contributed by atoms with van der Waals surface area (Å²) in [5.74, 6) is 0.567. The molecule has 9 nitrogen and oxygen atoms in total. The molecule has 0 radical (unpaired) electrons. The minimum absolute atomic E-state index is 0.0161. The molecule has 4 aromatic carbocycles. The number of hydrogen-bond acceptors (Lipinski definition) is 6. The Morgan fingerprint density at radius 2 is 1.33 bits per heavy atom. The number of rotatable bonds is 17. The monoisotopic (exact) mass is 673 g/mol. The lowest BCUT2D eigenvalue weighted by Gasteiger charge is -2.33. The van der Waals surface area contributed by atoms with E-state index in [1.165, 1.54) is 24.1 Å². The molecule has 0 aliphatic heterocycles. The fraction of sp³-hybridized carbons (Fsp3) is 0.342. The standard InChI is InChI=1S/C38H47N3O6S/c1-29(42)36(39-37(43)44)41(28-32-18-12-7-13-19-32)48(45,46)34-20-21-35(47-4)33(24-34)25-38(2,3)22-23-40(26-30-14-8-5-9-15-30)27-31-16-10-6-11-17-31/h5-21,24,29,36,39,42H,22-23,25-28H2,1-4H3,(H,43,44)/t29-,36+/m1/s1. The molecule has 0 saturated carbocycles. The van der Waals surface area contributed by atoms with Crippen LogP contribution in [0.4, 0.5) is 4.79 Å². The summed E-state index contributed by atoms with van der Waals surface area (Å²) in [6, 6.07) is 34.4. The highest BCUT2D eigenvalue weighted by molar-refractivity contribution is 7.89. The van der Waals surface area contributed by atoms with Crippen LogP contribution >= 0.6 is 0 Å². The number of sulfonamides is 1. The highest BCUT2D eigenvalue weighted by Crippen LogP contribution is 2.34. The van der Waals surface area contributed by atoms with Crippen molar-refractivity contribution < 1.29 is 28.2 Å². The van der Waals surface area contributed by atoms with E-state index in [0.717, 1.165) is 35.9 Å². The number of aliphatic hydroxyl groups excluding tert-OH is 1. The number of aliphatic hydroxyl groups is 1. The van der Waals surface area contributed by atoms with E-state index >= 15 is 0 Å². The zero-order chi connectivity index (χ0) is 34.7. The third-order valence-electron chi connectivity index (χ3n) is 8.35. The van der Waals surface area contributed by atoms with Gasteiger partial charge in [-0.15, -0.1) is 0 Å². The van der Waals surface area contributed by atoms with Gasteiger partial charge in [-0.2, -0.15) is 4.31 Å². The van der Waals surface area contributed by atoms with Crippen LogP contribution in [0.2, 0.25) is 0 Å². The highest BCUT2D eigenvalue weighted by atomic mass is 32.2. The van der Waals surface area contributed by atoms with Crippen LogP contribution in [0.3, 0.4) is 0 Å². The van der Waals surface area contributed by atoms with Crippen LogP contribution in [0.25, 0.3) is 0 Å². The molecule has 0 aromatic heterocycles. The van der Waals surface area contributed by atoms with Crippen LogP contribution in [0.5, 0.6) is 5.75 Å². The van der Waals surface area contributed by atoms with Crippen LogP contribution in [0.15, 0.2) is 114 Å². The topological polar surface area (TPSA) is 119 Å². The summed E-state index contributed by atoms with van der Waals surface area (Å²) >= 11 is 0. The second-order valence-corrected chi connectivity index (χ2v) is 14.8. The van der Waals surface area contributed by atoms with Gasteiger partial charge in [0.25, 0.3) is 0 Å². The molecule has 0 fully saturated rings. The molecule has 0 unspecified atom stereocenters. The molecule has 0 bridgehead atoms. The summed E-state index contributed by atoms with van der Waals surface area (Å²) in [5, 5.41) is 22.3. The maximum absolute atomic E-state index is 14.3. The number of nitrogens with zero attached hydrogens (tertiary/aromatic N) is 2. The van der Waals surface area contributed by atoms with Gasteiger partial charge in [0.05, 0.1) is 18.1 Å². The molecular formula is C38H47N3O6S. The molecule has 0 aliphatic carbocycles. The molecule has 0 saturated heterocycles. The predicted octanol–water partition coefficient (Wildman–Crippen LogP) is 6.52. The number of benzene rings is 4. The molecule has 48 heavy (non-hydrogen) atoms. The van der Waals surface area contributed by atoms with Gasteiger partial charge >= 0.3 is 6.09 Å². The Hall–Kier alpha value is -4.22. The quantitative estimate of drug-likeness (QED) is 0.109. The molecule has 3 N–H and O–H groups in total. The van der Waals surface area contributed by atoms with Crippen molar-refractivity contribution in [2.75, 3.05) is 13.7 Å². The first-order chi connectivity index (χ1) is 22.9. The number of amides is 1. The van der Waals surface area contributed by atoms with Crippen LogP contribution < -0.4 is 10.1 Å². The van der Waals surface area contributed by atoms with Crippen molar-refractivity contribution in [2.45, 2.75) is 70.4 Å². The minimum Gasteiger partial charge on any atom is -0.496 e. The minimum atomic E-state index is -4.30. The van der Waals surface area contributed by atoms with E-state index in [0.29, 0.717) is 17.7 Å². The summed E-state index contributed by atoms with van der Waals surface area (Å²) < 4.78 is 35.2. The molecule has 0 heterocycles. The molecule has 0 spiro atoms. The zero-order valence-corrected chi connectivity index (χ0v) is 28.9. The van der Waals surface area contributed by atoms with Gasteiger partial charge in [-0.3, -0.25) is 4.90 Å². The van der Waals surface area contributed by atoms with Crippen LogP contribution in [-0.4, -0.2) is 59.9 Å². The first-order valence-corrected chi connectivity index (χ1v) is 17.5. The number of ether oxygens (including phenoxy) is 1. The van der Waals surface area contributed by atoms with Crippen LogP contribution in [-0.2, 0) is 36.1 Å². The van der Waals surface area contributed by atoms with Crippen molar-refractivity contribution in [3.8, 4) is 5.75 Å². The summed E-state index contributed by atoms with van der Waals surface area (Å²) in [6.45, 7) is 7.96. The Bertz CT molecular complexity index is 1660. The summed E-state index contributed by atoms with van der Waals surface area (Å²) in [4.78, 5) is 14.1. The van der Waals surface area contributed by atoms with Gasteiger partial charge in [-0.25, -0.2) is 13.2 Å². The van der Waals surface area contributed by atoms with E-state index in [4.69, 9.17) is 4.74 Å². The van der Waals surface area contributed by atoms with Gasteiger partial charge in [0, 0.05) is 19.6 Å². The third kappa shape index (κ3) is 10.4. The number of nitrogens with one attached hydrogen (secondary N) is 1. The second kappa shape index (κ2) is 16.7. The van der Waals surface area contributed by atoms with Crippen molar-refractivity contribution in [2.24, 2.45) is 5.41 Å². The summed E-state index contributed by atoms with van der Waals surface area (Å²) in [7, 11) is -2.74. The number of methoxy groups -OCH3 is 1. The Balaban J connectivity index is 1.60. The van der Waals surface area contributed by atoms with Crippen molar-refractivity contribution >= 4 is 16.1 Å². The number of carboxylic acid groups (broad SMARTS) is 1. The van der Waals surface area contributed by atoms with Gasteiger partial charge < -0.3 is 20.3 Å². The lowest BCUT2D eigenvalue weighted by molar-refractivity contribution is 0.0785. The highest BCUT2D eigenvalue weighted by Gasteiger charge is 2.36. The number of carbonyl (C=O) groups is 1. The van der Waals surface area contributed by atoms with E-state index in [9.17, 15) is 23.4 Å². The molecule has 10 heteroatoms. The van der Waals surface area contributed by atoms with E-state index in [1.54, 1.807) is 43.5 Å². The molecule has 4 rings (SSSR count). The largest absolute Gasteiger partial charge is 0.496 e. The average Bonchev–Trinajstić information content (AvgIpc) is 3.06. The fourth-order valence-electron chi connectivity index (χ4n) is 5.81. The van der Waals surface area contributed by atoms with Gasteiger partial charge in [0.15, 0.2) is 0 Å². The Kier molecular flexibility index (Phi) is 12.8. The van der Waals surface area contributed by atoms with Gasteiger partial charge in [-0.05, 0) is 72.2 Å². The van der Waals surface area contributed by atoms with E-state index in [-0.39, 0.29) is 16.9 Å². The Morgan fingerprint density at radius 1 is 0.833 bits per heavy atom. The molecule has 256 valence electrons. The van der Waals surface area contributed by atoms with E-state index in [2.05, 4.69) is 72.6 Å². The van der Waals surface area contributed by atoms with Gasteiger partial charge in [0.2, 0.25) is 10.0 Å². The van der Waals surface area contributed by atoms with E-state index in [1.807, 2.05) is 18.2 Å². The van der Waals surface area contributed by atoms with E-state index < -0.39 is 28.4 Å². The van der Waals surface area contributed by atoms with Crippen molar-refractivity contribution in [1.82, 2.24) is 14.5 Å². The molecule has 4 aromatic rings. The van der Waals surface area contributed by atoms with Crippen LogP contribution in [0, 0.1) is 5.41 Å². The predicted molar refractivity (Wildman–Crippen MR) is 188 cm³/mol. The molecular weight excluding hydrogens is 627 g/mol. The lowest BCUT2D eigenvalue weighted by atomic mass is 9.82. The summed E-state index contributed by atoms with van der Waals surface area (Å²) in [5.41, 5.74) is 3.60. The Labute approximate surface area is 284 Å². The maximum atomic E-state index is 14.3. The molecule has 2 atom stereocenters. The van der Waals surface area contributed by atoms with Crippen molar-refractivity contribution in [3.05, 3.63) is 131 Å². The Morgan fingerprint density at radius 3 is 1.79 bits per heavy atom. The average molecular weight is 674 g/mol. The van der Waals surface area contributed by atoms with Gasteiger partial charge in [-0.1, -0.05) is 105 Å². The normalized spacial score (nSPS) is 13.3. The number of hydrogen-bond donors (Lipinski definition) is 3.